The van der Waals surface area contributed by atoms with Gasteiger partial charge >= 0.3 is 0 Å². The minimum Gasteiger partial charge on any atom is -0.335 e. The molecule has 2 aromatic rings. The van der Waals surface area contributed by atoms with Crippen LogP contribution in [0.1, 0.15) is 25.3 Å². The van der Waals surface area contributed by atoms with Gasteiger partial charge in [0, 0.05) is 13.1 Å². The van der Waals surface area contributed by atoms with Crippen LogP contribution in [-0.2, 0) is 9.59 Å². The third-order valence-electron chi connectivity index (χ3n) is 5.17. The van der Waals surface area contributed by atoms with Gasteiger partial charge in [0.05, 0.1) is 23.3 Å². The van der Waals surface area contributed by atoms with Gasteiger partial charge in [0.15, 0.2) is 5.13 Å². The highest BCUT2D eigenvalue weighted by atomic mass is 32.1. The van der Waals surface area contributed by atoms with E-state index in [-0.39, 0.29) is 24.9 Å². The van der Waals surface area contributed by atoms with Crippen LogP contribution in [-0.4, -0.2) is 72.4 Å². The number of benzene rings is 1. The van der Waals surface area contributed by atoms with Gasteiger partial charge in [-0.3, -0.25) is 9.59 Å². The molecule has 0 aliphatic carbocycles. The second-order valence-electron chi connectivity index (χ2n) is 7.38. The van der Waals surface area contributed by atoms with Gasteiger partial charge in [0.1, 0.15) is 0 Å². The van der Waals surface area contributed by atoms with Crippen LogP contribution < -0.4 is 10.6 Å². The molecule has 2 amide bonds. The highest BCUT2D eigenvalue weighted by Gasteiger charge is 2.20. The molecule has 0 spiro atoms. The highest BCUT2D eigenvalue weighted by molar-refractivity contribution is 7.22. The second-order valence-corrected chi connectivity index (χ2v) is 8.41. The molecule has 0 unspecified atom stereocenters. The largest absolute Gasteiger partial charge is 0.335 e. The molecule has 2 N–H and O–H groups in total. The number of amides is 2. The third-order valence-corrected chi connectivity index (χ3v) is 6.11. The van der Waals surface area contributed by atoms with Gasteiger partial charge in [0.25, 0.3) is 0 Å². The summed E-state index contributed by atoms with van der Waals surface area (Å²) in [5.74, 6) is -0.309. The first kappa shape index (κ1) is 20.7. The van der Waals surface area contributed by atoms with E-state index in [1.807, 2.05) is 19.1 Å². The molecule has 2 heterocycles. The summed E-state index contributed by atoms with van der Waals surface area (Å²) in [6.07, 6.45) is 2.12. The zero-order valence-electron chi connectivity index (χ0n) is 16.8. The Kier molecular flexibility index (Phi) is 6.98. The molecule has 1 aromatic carbocycles. The number of thiazole rings is 1. The standard InChI is InChI=1S/C20H29N5O2S/c1-4-25-9-7-15(8-10-25)21-12-19(27)24(3)13-18(26)23-20-22-16-6-5-14(2)11-17(16)28-20/h5-6,11,15,21H,4,7-10,12-13H2,1-3H3,(H,22,23,26). The van der Waals surface area contributed by atoms with Gasteiger partial charge in [-0.2, -0.15) is 0 Å². The van der Waals surface area contributed by atoms with Crippen LogP contribution in [0.5, 0.6) is 0 Å². The Morgan fingerprint density at radius 1 is 1.32 bits per heavy atom. The van der Waals surface area contributed by atoms with Crippen molar-refractivity contribution in [2.24, 2.45) is 0 Å². The first-order chi connectivity index (χ1) is 13.4. The number of aromatic nitrogens is 1. The fourth-order valence-corrected chi connectivity index (χ4v) is 4.35. The van der Waals surface area contributed by atoms with Crippen LogP contribution in [0.15, 0.2) is 18.2 Å². The Balaban J connectivity index is 1.43. The topological polar surface area (TPSA) is 77.6 Å². The molecular formula is C20H29N5O2S. The lowest BCUT2D eigenvalue weighted by molar-refractivity contribution is -0.132. The number of hydrogen-bond acceptors (Lipinski definition) is 6. The number of anilines is 1. The van der Waals surface area contributed by atoms with Gasteiger partial charge in [0.2, 0.25) is 11.8 Å². The van der Waals surface area contributed by atoms with E-state index in [0.717, 1.165) is 48.3 Å². The molecule has 28 heavy (non-hydrogen) atoms. The molecule has 3 rings (SSSR count). The van der Waals surface area contributed by atoms with E-state index < -0.39 is 0 Å². The first-order valence-electron chi connectivity index (χ1n) is 9.81. The summed E-state index contributed by atoms with van der Waals surface area (Å²) in [6.45, 7) is 7.71. The average Bonchev–Trinajstić information content (AvgIpc) is 3.07. The van der Waals surface area contributed by atoms with E-state index in [4.69, 9.17) is 0 Å². The Hall–Kier alpha value is -2.03. The van der Waals surface area contributed by atoms with Gasteiger partial charge in [-0.1, -0.05) is 24.3 Å². The van der Waals surface area contributed by atoms with Crippen molar-refractivity contribution in [2.45, 2.75) is 32.7 Å². The average molecular weight is 404 g/mol. The van der Waals surface area contributed by atoms with Crippen molar-refractivity contribution in [3.05, 3.63) is 23.8 Å². The number of rotatable bonds is 7. The van der Waals surface area contributed by atoms with Crippen LogP contribution in [0, 0.1) is 6.92 Å². The Morgan fingerprint density at radius 2 is 2.07 bits per heavy atom. The summed E-state index contributed by atoms with van der Waals surface area (Å²) in [6, 6.07) is 6.37. The summed E-state index contributed by atoms with van der Waals surface area (Å²) < 4.78 is 1.04. The minimum atomic E-state index is -0.233. The van der Waals surface area contributed by atoms with Gasteiger partial charge in [-0.25, -0.2) is 4.98 Å². The van der Waals surface area contributed by atoms with Crippen LogP contribution in [0.3, 0.4) is 0 Å². The summed E-state index contributed by atoms with van der Waals surface area (Å²) in [4.78, 5) is 32.9. The molecule has 0 atom stereocenters. The molecule has 1 aliphatic heterocycles. The van der Waals surface area contributed by atoms with Gasteiger partial charge < -0.3 is 20.4 Å². The molecular weight excluding hydrogens is 374 g/mol. The van der Waals surface area contributed by atoms with E-state index in [2.05, 4.69) is 33.5 Å². The number of hydrogen-bond donors (Lipinski definition) is 2. The molecule has 1 fully saturated rings. The van der Waals surface area contributed by atoms with E-state index in [9.17, 15) is 9.59 Å². The molecule has 1 aromatic heterocycles. The molecule has 8 heteroatoms. The van der Waals surface area contributed by atoms with Gasteiger partial charge in [-0.05, 0) is 57.1 Å². The number of nitrogens with one attached hydrogen (secondary N) is 2. The molecule has 0 bridgehead atoms. The van der Waals surface area contributed by atoms with Crippen molar-refractivity contribution < 1.29 is 9.59 Å². The summed E-state index contributed by atoms with van der Waals surface area (Å²) in [5.41, 5.74) is 2.03. The van der Waals surface area contributed by atoms with Crippen molar-refractivity contribution in [3.8, 4) is 0 Å². The third kappa shape index (κ3) is 5.50. The van der Waals surface area contributed by atoms with Crippen molar-refractivity contribution in [1.29, 1.82) is 0 Å². The number of aryl methyl sites for hydroxylation is 1. The zero-order valence-corrected chi connectivity index (χ0v) is 17.6. The number of piperidine rings is 1. The van der Waals surface area contributed by atoms with Crippen molar-refractivity contribution >= 4 is 38.5 Å². The smallest absolute Gasteiger partial charge is 0.245 e. The quantitative estimate of drug-likeness (QED) is 0.740. The molecule has 152 valence electrons. The number of likely N-dealkylation sites (N-methyl/N-ethyl adjacent to an activating group) is 1. The maximum Gasteiger partial charge on any atom is 0.245 e. The lowest BCUT2D eigenvalue weighted by Gasteiger charge is -2.31. The van der Waals surface area contributed by atoms with Crippen LogP contribution in [0.25, 0.3) is 10.2 Å². The fraction of sp³-hybridized carbons (Fsp3) is 0.550. The van der Waals surface area contributed by atoms with Crippen LogP contribution >= 0.6 is 11.3 Å². The lowest BCUT2D eigenvalue weighted by Crippen LogP contribution is -2.46. The number of nitrogens with zero attached hydrogens (tertiary/aromatic N) is 3. The predicted molar refractivity (Wildman–Crippen MR) is 114 cm³/mol. The summed E-state index contributed by atoms with van der Waals surface area (Å²) in [7, 11) is 1.66. The monoisotopic (exact) mass is 403 g/mol. The summed E-state index contributed by atoms with van der Waals surface area (Å²) in [5, 5.41) is 6.70. The Morgan fingerprint density at radius 3 is 2.79 bits per heavy atom. The SMILES string of the molecule is CCN1CCC(NCC(=O)N(C)CC(=O)Nc2nc3ccc(C)cc3s2)CC1. The Labute approximate surface area is 170 Å². The van der Waals surface area contributed by atoms with E-state index in [0.29, 0.717) is 11.2 Å². The van der Waals surface area contributed by atoms with Crippen LogP contribution in [0.2, 0.25) is 0 Å². The Bertz CT molecular complexity index is 829. The lowest BCUT2D eigenvalue weighted by atomic mass is 10.1. The number of carbonyl (C=O) groups is 2. The van der Waals surface area contributed by atoms with Crippen molar-refractivity contribution in [1.82, 2.24) is 20.1 Å². The number of carbonyl (C=O) groups excluding carboxylic acids is 2. The van der Waals surface area contributed by atoms with E-state index in [1.165, 1.54) is 16.2 Å². The maximum atomic E-state index is 12.3. The summed E-state index contributed by atoms with van der Waals surface area (Å²) >= 11 is 1.44. The van der Waals surface area contributed by atoms with Crippen molar-refractivity contribution in [2.75, 3.05) is 45.1 Å². The molecule has 7 nitrogen and oxygen atoms in total. The first-order valence-corrected chi connectivity index (χ1v) is 10.6. The highest BCUT2D eigenvalue weighted by Crippen LogP contribution is 2.26. The molecule has 1 aliphatic rings. The van der Waals surface area contributed by atoms with Gasteiger partial charge in [-0.15, -0.1) is 0 Å². The minimum absolute atomic E-state index is 0.0176. The van der Waals surface area contributed by atoms with Crippen LogP contribution in [0.4, 0.5) is 5.13 Å². The van der Waals surface area contributed by atoms with E-state index >= 15 is 0 Å². The fourth-order valence-electron chi connectivity index (χ4n) is 3.37. The molecule has 0 saturated carbocycles. The number of likely N-dealkylation sites (tertiary alicyclic amines) is 1. The second kappa shape index (κ2) is 9.45. The van der Waals surface area contributed by atoms with E-state index in [1.54, 1.807) is 7.05 Å². The molecule has 0 radical (unpaired) electrons. The molecule has 1 saturated heterocycles. The normalized spacial score (nSPS) is 15.7. The predicted octanol–water partition coefficient (Wildman–Crippen LogP) is 2.08. The maximum absolute atomic E-state index is 12.3. The van der Waals surface area contributed by atoms with Crippen molar-refractivity contribution in [3.63, 3.8) is 0 Å². The number of fused-ring (bicyclic) bond motifs is 1. The zero-order chi connectivity index (χ0) is 20.1.